The fourth-order valence-corrected chi connectivity index (χ4v) is 4.47. The second-order valence-electron chi connectivity index (χ2n) is 7.61. The molecule has 2 aliphatic rings. The number of ether oxygens (including phenoxy) is 1. The Labute approximate surface area is 167 Å². The standard InChI is InChI=1S/C21H32N4O3/c1-3-22-20(23-14-19(27)24-15-7-9-16(26)10-8-15)25-17-13-18(28-4-2)21(17)11-5-6-12-21/h7-10,17-18,26H,3-6,11-14H2,1-2H3,(H,24,27)(H2,22,23,25). The smallest absolute Gasteiger partial charge is 0.246 e. The predicted molar refractivity (Wildman–Crippen MR) is 111 cm³/mol. The number of guanidine groups is 1. The molecule has 2 fully saturated rings. The molecule has 0 aliphatic heterocycles. The highest BCUT2D eigenvalue weighted by atomic mass is 16.5. The Balaban J connectivity index is 1.58. The van der Waals surface area contributed by atoms with Gasteiger partial charge < -0.3 is 25.8 Å². The lowest BCUT2D eigenvalue weighted by Crippen LogP contribution is -2.65. The molecule has 2 unspecified atom stereocenters. The van der Waals surface area contributed by atoms with Crippen LogP contribution in [0.25, 0.3) is 0 Å². The minimum absolute atomic E-state index is 0.0326. The summed E-state index contributed by atoms with van der Waals surface area (Å²) in [5, 5.41) is 18.9. The van der Waals surface area contributed by atoms with E-state index in [-0.39, 0.29) is 23.6 Å². The van der Waals surface area contributed by atoms with Crippen LogP contribution in [0.2, 0.25) is 0 Å². The van der Waals surface area contributed by atoms with Crippen LogP contribution in [0, 0.1) is 5.41 Å². The number of carbonyl (C=O) groups excluding carboxylic acids is 1. The van der Waals surface area contributed by atoms with Crippen molar-refractivity contribution in [1.29, 1.82) is 0 Å². The average molecular weight is 389 g/mol. The zero-order valence-corrected chi connectivity index (χ0v) is 16.8. The average Bonchev–Trinajstić information content (AvgIpc) is 3.20. The molecule has 7 heteroatoms. The van der Waals surface area contributed by atoms with Crippen LogP contribution in [0.4, 0.5) is 5.69 Å². The van der Waals surface area contributed by atoms with Crippen molar-refractivity contribution in [3.05, 3.63) is 24.3 Å². The maximum absolute atomic E-state index is 12.2. The van der Waals surface area contributed by atoms with Crippen molar-refractivity contribution in [2.45, 2.75) is 58.1 Å². The van der Waals surface area contributed by atoms with Gasteiger partial charge in [-0.3, -0.25) is 4.79 Å². The first-order chi connectivity index (χ1) is 13.6. The maximum atomic E-state index is 12.2. The Morgan fingerprint density at radius 2 is 1.96 bits per heavy atom. The lowest BCUT2D eigenvalue weighted by Gasteiger charge is -2.54. The Bertz CT molecular complexity index is 683. The number of rotatable bonds is 7. The SMILES string of the molecule is CCNC(=NCC(=O)Nc1ccc(O)cc1)NC1CC(OCC)C12CCCC2. The van der Waals surface area contributed by atoms with E-state index in [1.807, 2.05) is 6.92 Å². The summed E-state index contributed by atoms with van der Waals surface area (Å²) in [6.07, 6.45) is 6.21. The number of aromatic hydroxyl groups is 1. The number of nitrogens with one attached hydrogen (secondary N) is 3. The molecule has 2 atom stereocenters. The van der Waals surface area contributed by atoms with Gasteiger partial charge in [0.25, 0.3) is 0 Å². The van der Waals surface area contributed by atoms with Crippen molar-refractivity contribution < 1.29 is 14.6 Å². The van der Waals surface area contributed by atoms with Crippen molar-refractivity contribution >= 4 is 17.6 Å². The van der Waals surface area contributed by atoms with Crippen LogP contribution >= 0.6 is 0 Å². The highest BCUT2D eigenvalue weighted by Gasteiger charge is 2.56. The Morgan fingerprint density at radius 3 is 2.61 bits per heavy atom. The van der Waals surface area contributed by atoms with Gasteiger partial charge in [-0.2, -0.15) is 0 Å². The van der Waals surface area contributed by atoms with E-state index in [1.54, 1.807) is 12.1 Å². The molecule has 1 amide bonds. The van der Waals surface area contributed by atoms with E-state index in [2.05, 4.69) is 27.9 Å². The minimum Gasteiger partial charge on any atom is -0.508 e. The lowest BCUT2D eigenvalue weighted by molar-refractivity contribution is -0.125. The summed E-state index contributed by atoms with van der Waals surface area (Å²) >= 11 is 0. The molecular formula is C21H32N4O3. The molecule has 0 saturated heterocycles. The van der Waals surface area contributed by atoms with Gasteiger partial charge >= 0.3 is 0 Å². The van der Waals surface area contributed by atoms with Crippen molar-refractivity contribution in [1.82, 2.24) is 10.6 Å². The first kappa shape index (κ1) is 20.5. The summed E-state index contributed by atoms with van der Waals surface area (Å²) < 4.78 is 5.98. The number of amides is 1. The molecule has 2 aliphatic carbocycles. The van der Waals surface area contributed by atoms with E-state index in [9.17, 15) is 9.90 Å². The summed E-state index contributed by atoms with van der Waals surface area (Å²) in [4.78, 5) is 16.7. The van der Waals surface area contributed by atoms with Gasteiger partial charge in [-0.05, 0) is 57.4 Å². The van der Waals surface area contributed by atoms with Gasteiger partial charge in [-0.25, -0.2) is 4.99 Å². The van der Waals surface area contributed by atoms with E-state index in [1.165, 1.54) is 37.8 Å². The van der Waals surface area contributed by atoms with Crippen LogP contribution < -0.4 is 16.0 Å². The molecule has 3 rings (SSSR count). The summed E-state index contributed by atoms with van der Waals surface area (Å²) in [7, 11) is 0. The molecule has 1 aromatic carbocycles. The van der Waals surface area contributed by atoms with E-state index < -0.39 is 0 Å². The molecule has 4 N–H and O–H groups in total. The quantitative estimate of drug-likeness (QED) is 0.327. The van der Waals surface area contributed by atoms with Gasteiger partial charge in [0.05, 0.1) is 6.10 Å². The fourth-order valence-electron chi connectivity index (χ4n) is 4.47. The van der Waals surface area contributed by atoms with Crippen molar-refractivity contribution in [3.63, 3.8) is 0 Å². The summed E-state index contributed by atoms with van der Waals surface area (Å²) in [5.41, 5.74) is 0.847. The molecule has 7 nitrogen and oxygen atoms in total. The minimum atomic E-state index is -0.195. The predicted octanol–water partition coefficient (Wildman–Crippen LogP) is 2.62. The van der Waals surface area contributed by atoms with Gasteiger partial charge in [-0.15, -0.1) is 0 Å². The van der Waals surface area contributed by atoms with Crippen molar-refractivity contribution in [2.75, 3.05) is 25.0 Å². The number of benzene rings is 1. The number of phenolic OH excluding ortho intramolecular Hbond substituents is 1. The zero-order valence-electron chi connectivity index (χ0n) is 16.8. The molecule has 0 heterocycles. The zero-order chi connectivity index (χ0) is 20.0. The van der Waals surface area contributed by atoms with E-state index in [4.69, 9.17) is 4.74 Å². The van der Waals surface area contributed by atoms with E-state index in [0.717, 1.165) is 19.6 Å². The first-order valence-electron chi connectivity index (χ1n) is 10.3. The normalized spacial score (nSPS) is 23.3. The van der Waals surface area contributed by atoms with Crippen LogP contribution in [-0.4, -0.2) is 48.8 Å². The highest BCUT2D eigenvalue weighted by molar-refractivity contribution is 5.94. The number of phenols is 1. The number of hydrogen-bond donors (Lipinski definition) is 4. The van der Waals surface area contributed by atoms with Crippen LogP contribution in [0.5, 0.6) is 5.75 Å². The summed E-state index contributed by atoms with van der Waals surface area (Å²) in [6.45, 7) is 5.60. The Morgan fingerprint density at radius 1 is 1.25 bits per heavy atom. The second kappa shape index (κ2) is 9.28. The number of anilines is 1. The molecular weight excluding hydrogens is 356 g/mol. The van der Waals surface area contributed by atoms with Crippen LogP contribution in [-0.2, 0) is 9.53 Å². The Kier molecular flexibility index (Phi) is 6.78. The molecule has 154 valence electrons. The number of aliphatic imine (C=N–C) groups is 1. The molecule has 1 spiro atoms. The maximum Gasteiger partial charge on any atom is 0.246 e. The third-order valence-electron chi connectivity index (χ3n) is 5.87. The third-order valence-corrected chi connectivity index (χ3v) is 5.87. The van der Waals surface area contributed by atoms with E-state index in [0.29, 0.717) is 23.8 Å². The van der Waals surface area contributed by atoms with Crippen LogP contribution in [0.15, 0.2) is 29.3 Å². The molecule has 0 aromatic heterocycles. The van der Waals surface area contributed by atoms with Gasteiger partial charge in [-0.1, -0.05) is 12.8 Å². The number of carbonyl (C=O) groups is 1. The largest absolute Gasteiger partial charge is 0.508 e. The molecule has 0 bridgehead atoms. The fraction of sp³-hybridized carbons (Fsp3) is 0.619. The van der Waals surface area contributed by atoms with Crippen LogP contribution in [0.1, 0.15) is 46.0 Å². The number of hydrogen-bond acceptors (Lipinski definition) is 4. The van der Waals surface area contributed by atoms with Gasteiger partial charge in [0.2, 0.25) is 5.91 Å². The van der Waals surface area contributed by atoms with Gasteiger partial charge in [0.15, 0.2) is 5.96 Å². The molecule has 28 heavy (non-hydrogen) atoms. The van der Waals surface area contributed by atoms with Crippen molar-refractivity contribution in [3.8, 4) is 5.75 Å². The molecule has 0 radical (unpaired) electrons. The monoisotopic (exact) mass is 388 g/mol. The summed E-state index contributed by atoms with van der Waals surface area (Å²) in [5.74, 6) is 0.648. The second-order valence-corrected chi connectivity index (χ2v) is 7.61. The number of nitrogens with zero attached hydrogens (tertiary/aromatic N) is 1. The Hall–Kier alpha value is -2.28. The van der Waals surface area contributed by atoms with Crippen molar-refractivity contribution in [2.24, 2.45) is 10.4 Å². The molecule has 2 saturated carbocycles. The summed E-state index contributed by atoms with van der Waals surface area (Å²) in [6, 6.07) is 6.73. The molecule has 1 aromatic rings. The van der Waals surface area contributed by atoms with Gasteiger partial charge in [0, 0.05) is 30.3 Å². The topological polar surface area (TPSA) is 95.0 Å². The van der Waals surface area contributed by atoms with Gasteiger partial charge in [0.1, 0.15) is 12.3 Å². The first-order valence-corrected chi connectivity index (χ1v) is 10.3. The lowest BCUT2D eigenvalue weighted by atomic mass is 9.60. The highest BCUT2D eigenvalue weighted by Crippen LogP contribution is 2.54. The van der Waals surface area contributed by atoms with Crippen LogP contribution in [0.3, 0.4) is 0 Å². The van der Waals surface area contributed by atoms with E-state index >= 15 is 0 Å². The third kappa shape index (κ3) is 4.58.